The maximum atomic E-state index is 12.5. The van der Waals surface area contributed by atoms with E-state index in [1.165, 1.54) is 17.2 Å². The highest BCUT2D eigenvalue weighted by atomic mass is 16.2. The Morgan fingerprint density at radius 2 is 2.23 bits per heavy atom. The van der Waals surface area contributed by atoms with Gasteiger partial charge >= 0.3 is 0 Å². The molecule has 0 bridgehead atoms. The lowest BCUT2D eigenvalue weighted by Gasteiger charge is -2.22. The molecule has 0 saturated carbocycles. The summed E-state index contributed by atoms with van der Waals surface area (Å²) in [5, 5.41) is 4.52. The summed E-state index contributed by atoms with van der Waals surface area (Å²) in [4.78, 5) is 34.8. The van der Waals surface area contributed by atoms with E-state index in [-0.39, 0.29) is 18.0 Å². The third kappa shape index (κ3) is 2.50. The van der Waals surface area contributed by atoms with E-state index in [2.05, 4.69) is 26.9 Å². The van der Waals surface area contributed by atoms with Crippen LogP contribution in [0, 0.1) is 5.92 Å². The number of H-pyrrole nitrogens is 1. The van der Waals surface area contributed by atoms with Crippen LogP contribution in [-0.2, 0) is 11.3 Å². The number of carbonyl (C=O) groups is 1. The number of aromatic nitrogens is 4. The molecule has 1 aliphatic heterocycles. The molecule has 3 rings (SSSR count). The molecule has 118 valence electrons. The summed E-state index contributed by atoms with van der Waals surface area (Å²) in [6.07, 6.45) is 2.77. The van der Waals surface area contributed by atoms with Gasteiger partial charge in [0.2, 0.25) is 5.91 Å². The first-order chi connectivity index (χ1) is 10.5. The van der Waals surface area contributed by atoms with Gasteiger partial charge in [-0.3, -0.25) is 9.59 Å². The first-order valence-corrected chi connectivity index (χ1v) is 7.30. The lowest BCUT2D eigenvalue weighted by Crippen LogP contribution is -2.37. The van der Waals surface area contributed by atoms with Crippen LogP contribution in [0.4, 0.5) is 0 Å². The molecule has 1 amide bonds. The van der Waals surface area contributed by atoms with Gasteiger partial charge < -0.3 is 14.8 Å². The molecule has 1 saturated heterocycles. The summed E-state index contributed by atoms with van der Waals surface area (Å²) >= 11 is 0. The van der Waals surface area contributed by atoms with Crippen LogP contribution >= 0.6 is 0 Å². The van der Waals surface area contributed by atoms with Crippen molar-refractivity contribution in [3.05, 3.63) is 22.9 Å². The Balaban J connectivity index is 1.77. The second kappa shape index (κ2) is 5.53. The fourth-order valence-corrected chi connectivity index (χ4v) is 3.07. The predicted molar refractivity (Wildman–Crippen MR) is 81.4 cm³/mol. The predicted octanol–water partition coefficient (Wildman–Crippen LogP) is -0.472. The molecule has 0 aliphatic carbocycles. The number of likely N-dealkylation sites (tertiary alicyclic amines) is 1. The number of nitrogens with zero attached hydrogens (tertiary/aromatic N) is 5. The van der Waals surface area contributed by atoms with Gasteiger partial charge in [0.1, 0.15) is 11.9 Å². The van der Waals surface area contributed by atoms with Crippen LogP contribution in [0.3, 0.4) is 0 Å². The van der Waals surface area contributed by atoms with Crippen LogP contribution in [0.1, 0.15) is 6.92 Å². The van der Waals surface area contributed by atoms with E-state index in [4.69, 9.17) is 0 Å². The zero-order valence-corrected chi connectivity index (χ0v) is 13.0. The number of carbonyl (C=O) groups excluding carboxylic acids is 1. The van der Waals surface area contributed by atoms with E-state index in [0.29, 0.717) is 23.0 Å². The zero-order valence-electron chi connectivity index (χ0n) is 13.0. The Bertz CT molecular complexity index is 749. The normalized spacial score (nSPS) is 21.9. The summed E-state index contributed by atoms with van der Waals surface area (Å²) in [6, 6.07) is 0.374. The van der Waals surface area contributed by atoms with E-state index in [1.807, 2.05) is 19.0 Å². The van der Waals surface area contributed by atoms with Gasteiger partial charge in [0, 0.05) is 19.1 Å². The van der Waals surface area contributed by atoms with Gasteiger partial charge in [-0.25, -0.2) is 9.67 Å². The zero-order chi connectivity index (χ0) is 15.9. The SMILES string of the molecule is C[C@@H]1CN(C(=O)Cn2ncc3c(=O)[nH]cnc32)C[C@@H]1N(C)C. The van der Waals surface area contributed by atoms with Gasteiger partial charge in [-0.15, -0.1) is 0 Å². The number of aromatic amines is 1. The molecule has 0 spiro atoms. The van der Waals surface area contributed by atoms with Crippen LogP contribution in [0.5, 0.6) is 0 Å². The van der Waals surface area contributed by atoms with E-state index in [0.717, 1.165) is 13.1 Å². The van der Waals surface area contributed by atoms with Crippen molar-refractivity contribution in [2.75, 3.05) is 27.2 Å². The van der Waals surface area contributed by atoms with Crippen molar-refractivity contribution in [2.45, 2.75) is 19.5 Å². The maximum absolute atomic E-state index is 12.5. The molecule has 0 radical (unpaired) electrons. The Labute approximate surface area is 127 Å². The van der Waals surface area contributed by atoms with Gasteiger partial charge in [0.15, 0.2) is 5.65 Å². The van der Waals surface area contributed by atoms with E-state index >= 15 is 0 Å². The number of likely N-dealkylation sites (N-methyl/N-ethyl adjacent to an activating group) is 1. The second-order valence-electron chi connectivity index (χ2n) is 6.08. The first kappa shape index (κ1) is 14.7. The molecule has 2 aromatic rings. The Morgan fingerprint density at radius 1 is 1.45 bits per heavy atom. The van der Waals surface area contributed by atoms with Gasteiger partial charge in [-0.1, -0.05) is 6.92 Å². The van der Waals surface area contributed by atoms with Crippen LogP contribution in [0.25, 0.3) is 11.0 Å². The molecular formula is C14H20N6O2. The Morgan fingerprint density at radius 3 is 2.91 bits per heavy atom. The number of fused-ring (bicyclic) bond motifs is 1. The largest absolute Gasteiger partial charge is 0.339 e. The van der Waals surface area contributed by atoms with E-state index in [9.17, 15) is 9.59 Å². The number of nitrogens with one attached hydrogen (secondary N) is 1. The Kier molecular flexibility index (Phi) is 3.69. The van der Waals surface area contributed by atoms with Crippen molar-refractivity contribution in [1.29, 1.82) is 0 Å². The van der Waals surface area contributed by atoms with Crippen molar-refractivity contribution < 1.29 is 4.79 Å². The van der Waals surface area contributed by atoms with Crippen molar-refractivity contribution in [2.24, 2.45) is 5.92 Å². The molecule has 22 heavy (non-hydrogen) atoms. The summed E-state index contributed by atoms with van der Waals surface area (Å²) in [6.45, 7) is 3.73. The van der Waals surface area contributed by atoms with Crippen LogP contribution < -0.4 is 5.56 Å². The first-order valence-electron chi connectivity index (χ1n) is 7.30. The Hall–Kier alpha value is -2.22. The number of rotatable bonds is 3. The van der Waals surface area contributed by atoms with Crippen LogP contribution in [0.15, 0.2) is 17.3 Å². The van der Waals surface area contributed by atoms with Crippen molar-refractivity contribution in [1.82, 2.24) is 29.5 Å². The quantitative estimate of drug-likeness (QED) is 0.828. The highest BCUT2D eigenvalue weighted by molar-refractivity contribution is 5.79. The highest BCUT2D eigenvalue weighted by Crippen LogP contribution is 2.20. The summed E-state index contributed by atoms with van der Waals surface area (Å²) in [7, 11) is 4.07. The lowest BCUT2D eigenvalue weighted by molar-refractivity contribution is -0.131. The summed E-state index contributed by atoms with van der Waals surface area (Å²) in [5.41, 5.74) is 0.194. The second-order valence-corrected chi connectivity index (χ2v) is 6.08. The third-order valence-corrected chi connectivity index (χ3v) is 4.31. The molecule has 1 N–H and O–H groups in total. The number of amides is 1. The van der Waals surface area contributed by atoms with Gasteiger partial charge in [-0.05, 0) is 20.0 Å². The number of hydrogen-bond donors (Lipinski definition) is 1. The molecule has 0 aromatic carbocycles. The summed E-state index contributed by atoms with van der Waals surface area (Å²) < 4.78 is 1.49. The molecule has 1 fully saturated rings. The minimum absolute atomic E-state index is 0.00304. The van der Waals surface area contributed by atoms with Crippen molar-refractivity contribution in [3.63, 3.8) is 0 Å². The van der Waals surface area contributed by atoms with Gasteiger partial charge in [-0.2, -0.15) is 5.10 Å². The standard InChI is InChI=1S/C14H20N6O2/c1-9-5-19(6-11(9)18(2)3)12(21)7-20-13-10(4-17-20)14(22)16-8-15-13/h4,8-9,11H,5-7H2,1-3H3,(H,15,16,22)/t9-,11+/m1/s1. The van der Waals surface area contributed by atoms with E-state index in [1.54, 1.807) is 0 Å². The van der Waals surface area contributed by atoms with Crippen molar-refractivity contribution >= 4 is 16.9 Å². The van der Waals surface area contributed by atoms with Crippen LogP contribution in [0.2, 0.25) is 0 Å². The molecule has 2 aromatic heterocycles. The molecule has 1 aliphatic rings. The fourth-order valence-electron chi connectivity index (χ4n) is 3.07. The monoisotopic (exact) mass is 304 g/mol. The molecule has 8 nitrogen and oxygen atoms in total. The van der Waals surface area contributed by atoms with Gasteiger partial charge in [0.25, 0.3) is 5.56 Å². The fraction of sp³-hybridized carbons (Fsp3) is 0.571. The summed E-state index contributed by atoms with van der Waals surface area (Å²) in [5.74, 6) is 0.442. The molecule has 0 unspecified atom stereocenters. The average Bonchev–Trinajstić information content (AvgIpc) is 3.04. The molecule has 2 atom stereocenters. The molecule has 3 heterocycles. The topological polar surface area (TPSA) is 87.1 Å². The smallest absolute Gasteiger partial charge is 0.261 e. The number of hydrogen-bond acceptors (Lipinski definition) is 5. The minimum Gasteiger partial charge on any atom is -0.339 e. The molecular weight excluding hydrogens is 284 g/mol. The van der Waals surface area contributed by atoms with E-state index < -0.39 is 0 Å². The highest BCUT2D eigenvalue weighted by Gasteiger charge is 2.33. The van der Waals surface area contributed by atoms with Gasteiger partial charge in [0.05, 0.1) is 12.5 Å². The molecule has 8 heteroatoms. The third-order valence-electron chi connectivity index (χ3n) is 4.31. The maximum Gasteiger partial charge on any atom is 0.261 e. The lowest BCUT2D eigenvalue weighted by atomic mass is 10.1. The average molecular weight is 304 g/mol. The minimum atomic E-state index is -0.244. The van der Waals surface area contributed by atoms with Crippen LogP contribution in [-0.4, -0.2) is 68.7 Å². The van der Waals surface area contributed by atoms with Crippen molar-refractivity contribution in [3.8, 4) is 0 Å².